The molecule has 0 aliphatic carbocycles. The number of nitrogens with zero attached hydrogens (tertiary/aromatic N) is 3. The highest BCUT2D eigenvalue weighted by molar-refractivity contribution is 7.22. The molecule has 0 aliphatic heterocycles. The summed E-state index contributed by atoms with van der Waals surface area (Å²) in [5.74, 6) is 1.00. The second kappa shape index (κ2) is 9.37. The molecule has 2 aromatic heterocycles. The van der Waals surface area contributed by atoms with E-state index in [2.05, 4.69) is 4.98 Å². The van der Waals surface area contributed by atoms with Crippen LogP contribution in [0, 0.1) is 6.92 Å². The van der Waals surface area contributed by atoms with Crippen molar-refractivity contribution in [1.82, 2.24) is 9.97 Å². The molecular weight excluding hydrogens is 458 g/mol. The van der Waals surface area contributed by atoms with Crippen molar-refractivity contribution in [2.75, 3.05) is 12.0 Å². The van der Waals surface area contributed by atoms with Crippen LogP contribution in [0.1, 0.15) is 25.0 Å². The number of carbonyl (C=O) groups excluding carboxylic acids is 1. The zero-order valence-corrected chi connectivity index (χ0v) is 20.4. The number of thiazole rings is 1. The van der Waals surface area contributed by atoms with Crippen molar-refractivity contribution in [3.8, 4) is 11.5 Å². The first kappa shape index (κ1) is 23.0. The zero-order chi connectivity index (χ0) is 23.6. The summed E-state index contributed by atoms with van der Waals surface area (Å²) >= 11 is 7.44. The number of ether oxygens (including phenoxy) is 2. The summed E-state index contributed by atoms with van der Waals surface area (Å²) in [6.45, 7) is 5.82. The van der Waals surface area contributed by atoms with Gasteiger partial charge in [-0.05, 0) is 68.3 Å². The van der Waals surface area contributed by atoms with Crippen LogP contribution in [0.15, 0.2) is 60.9 Å². The van der Waals surface area contributed by atoms with E-state index in [1.807, 2.05) is 31.2 Å². The zero-order valence-electron chi connectivity index (χ0n) is 18.8. The minimum absolute atomic E-state index is 0.225. The van der Waals surface area contributed by atoms with E-state index in [-0.39, 0.29) is 5.91 Å². The van der Waals surface area contributed by atoms with Crippen molar-refractivity contribution in [2.45, 2.75) is 32.9 Å². The number of benzene rings is 2. The second-order valence-electron chi connectivity index (χ2n) is 8.08. The average Bonchev–Trinajstić information content (AvgIpc) is 3.25. The lowest BCUT2D eigenvalue weighted by atomic mass is 10.1. The molecule has 2 aromatic carbocycles. The van der Waals surface area contributed by atoms with Crippen LogP contribution >= 0.6 is 22.9 Å². The second-order valence-corrected chi connectivity index (χ2v) is 9.49. The van der Waals surface area contributed by atoms with Crippen LogP contribution < -0.4 is 14.4 Å². The van der Waals surface area contributed by atoms with Gasteiger partial charge in [0.1, 0.15) is 17.0 Å². The van der Waals surface area contributed by atoms with Gasteiger partial charge in [-0.1, -0.05) is 35.1 Å². The van der Waals surface area contributed by atoms with E-state index in [0.29, 0.717) is 28.2 Å². The van der Waals surface area contributed by atoms with Crippen molar-refractivity contribution in [3.05, 3.63) is 77.1 Å². The first-order valence-corrected chi connectivity index (χ1v) is 11.6. The maximum Gasteiger partial charge on any atom is 0.272 e. The van der Waals surface area contributed by atoms with E-state index >= 15 is 0 Å². The quantitative estimate of drug-likeness (QED) is 0.321. The molecule has 6 nitrogen and oxygen atoms in total. The fourth-order valence-electron chi connectivity index (χ4n) is 3.45. The number of amides is 1. The Morgan fingerprint density at radius 3 is 2.58 bits per heavy atom. The van der Waals surface area contributed by atoms with E-state index in [9.17, 15) is 4.79 Å². The molecule has 33 heavy (non-hydrogen) atoms. The maximum atomic E-state index is 13.8. The van der Waals surface area contributed by atoms with E-state index in [0.717, 1.165) is 21.3 Å². The molecule has 8 heteroatoms. The molecular formula is C25H24ClN3O3S. The van der Waals surface area contributed by atoms with Crippen LogP contribution in [0.4, 0.5) is 5.13 Å². The van der Waals surface area contributed by atoms with Crippen molar-refractivity contribution < 1.29 is 14.3 Å². The Bertz CT molecular complexity index is 1270. The van der Waals surface area contributed by atoms with Crippen LogP contribution in [-0.4, -0.2) is 28.6 Å². The SMILES string of the molecule is COc1ccc(C)c2sc(N(Cc3cccnc3)C(=O)C(C)(C)Oc3ccc(Cl)cc3)nc12. The van der Waals surface area contributed by atoms with Gasteiger partial charge in [-0.25, -0.2) is 4.98 Å². The molecule has 0 fully saturated rings. The van der Waals surface area contributed by atoms with Gasteiger partial charge in [0.2, 0.25) is 0 Å². The Morgan fingerprint density at radius 1 is 1.15 bits per heavy atom. The Hall–Kier alpha value is -3.16. The molecule has 0 spiro atoms. The lowest BCUT2D eigenvalue weighted by Crippen LogP contribution is -2.48. The number of carbonyl (C=O) groups is 1. The lowest BCUT2D eigenvalue weighted by molar-refractivity contribution is -0.131. The predicted molar refractivity (Wildman–Crippen MR) is 132 cm³/mol. The number of halogens is 1. The number of rotatable bonds is 7. The molecule has 2 heterocycles. The molecule has 0 saturated carbocycles. The van der Waals surface area contributed by atoms with Gasteiger partial charge in [-0.3, -0.25) is 14.7 Å². The van der Waals surface area contributed by atoms with Gasteiger partial charge in [0.15, 0.2) is 10.7 Å². The van der Waals surface area contributed by atoms with E-state index < -0.39 is 5.60 Å². The molecule has 0 radical (unpaired) electrons. The molecule has 4 rings (SSSR count). The van der Waals surface area contributed by atoms with Crippen molar-refractivity contribution in [1.29, 1.82) is 0 Å². The summed E-state index contributed by atoms with van der Waals surface area (Å²) in [5.41, 5.74) is 1.53. The van der Waals surface area contributed by atoms with Crippen LogP contribution in [0.3, 0.4) is 0 Å². The molecule has 0 aliphatic rings. The largest absolute Gasteiger partial charge is 0.494 e. The number of methoxy groups -OCH3 is 1. The molecule has 4 aromatic rings. The molecule has 0 saturated heterocycles. The normalized spacial score (nSPS) is 11.4. The number of aryl methyl sites for hydroxylation is 1. The van der Waals surface area contributed by atoms with Crippen molar-refractivity contribution >= 4 is 44.2 Å². The van der Waals surface area contributed by atoms with Gasteiger partial charge in [-0.2, -0.15) is 0 Å². The van der Waals surface area contributed by atoms with Crippen LogP contribution in [0.5, 0.6) is 11.5 Å². The predicted octanol–water partition coefficient (Wildman–Crippen LogP) is 6.05. The molecule has 1 amide bonds. The highest BCUT2D eigenvalue weighted by Crippen LogP contribution is 2.38. The highest BCUT2D eigenvalue weighted by atomic mass is 35.5. The highest BCUT2D eigenvalue weighted by Gasteiger charge is 2.37. The van der Waals surface area contributed by atoms with E-state index in [1.165, 1.54) is 11.3 Å². The first-order chi connectivity index (χ1) is 15.8. The summed E-state index contributed by atoms with van der Waals surface area (Å²) in [6.07, 6.45) is 3.45. The van der Waals surface area contributed by atoms with Crippen molar-refractivity contribution in [2.24, 2.45) is 0 Å². The van der Waals surface area contributed by atoms with Crippen molar-refractivity contribution in [3.63, 3.8) is 0 Å². The van der Waals surface area contributed by atoms with Gasteiger partial charge in [0.25, 0.3) is 5.91 Å². The first-order valence-electron chi connectivity index (χ1n) is 10.4. The third-order valence-electron chi connectivity index (χ3n) is 5.15. The standard InChI is InChI=1S/C25H24ClN3O3S/c1-16-7-12-20(31-4)21-22(16)33-24(28-21)29(15-17-6-5-13-27-14-17)23(30)25(2,3)32-19-10-8-18(26)9-11-19/h5-14H,15H2,1-4H3. The monoisotopic (exact) mass is 481 g/mol. The van der Waals surface area contributed by atoms with Crippen LogP contribution in [-0.2, 0) is 11.3 Å². The molecule has 0 bridgehead atoms. The summed E-state index contributed by atoms with van der Waals surface area (Å²) in [7, 11) is 1.62. The number of pyridine rings is 1. The maximum absolute atomic E-state index is 13.8. The number of anilines is 1. The van der Waals surface area contributed by atoms with E-state index in [1.54, 1.807) is 62.5 Å². The van der Waals surface area contributed by atoms with Gasteiger partial charge in [0, 0.05) is 17.4 Å². The van der Waals surface area contributed by atoms with Gasteiger partial charge in [0.05, 0.1) is 18.4 Å². The fraction of sp³-hybridized carbons (Fsp3) is 0.240. The number of aromatic nitrogens is 2. The Kier molecular flexibility index (Phi) is 6.54. The number of hydrogen-bond acceptors (Lipinski definition) is 6. The average molecular weight is 482 g/mol. The van der Waals surface area contributed by atoms with Crippen LogP contribution in [0.2, 0.25) is 5.02 Å². The molecule has 170 valence electrons. The van der Waals surface area contributed by atoms with Gasteiger partial charge < -0.3 is 9.47 Å². The minimum atomic E-state index is -1.16. The molecule has 0 atom stereocenters. The van der Waals surface area contributed by atoms with Crippen LogP contribution in [0.25, 0.3) is 10.2 Å². The Morgan fingerprint density at radius 2 is 1.91 bits per heavy atom. The van der Waals surface area contributed by atoms with Gasteiger partial charge in [-0.15, -0.1) is 0 Å². The summed E-state index contributed by atoms with van der Waals surface area (Å²) in [4.78, 5) is 24.5. The lowest BCUT2D eigenvalue weighted by Gasteiger charge is -2.31. The summed E-state index contributed by atoms with van der Waals surface area (Å²) < 4.78 is 12.6. The third-order valence-corrected chi connectivity index (χ3v) is 6.62. The Labute approximate surface area is 201 Å². The number of hydrogen-bond donors (Lipinski definition) is 0. The fourth-order valence-corrected chi connectivity index (χ4v) is 4.62. The topological polar surface area (TPSA) is 64.5 Å². The summed E-state index contributed by atoms with van der Waals surface area (Å²) in [6, 6.07) is 14.6. The number of fused-ring (bicyclic) bond motifs is 1. The van der Waals surface area contributed by atoms with E-state index in [4.69, 9.17) is 26.1 Å². The molecule has 0 N–H and O–H groups in total. The Balaban J connectivity index is 1.75. The molecule has 0 unspecified atom stereocenters. The minimum Gasteiger partial charge on any atom is -0.494 e. The third kappa shape index (κ3) is 4.94. The smallest absolute Gasteiger partial charge is 0.272 e. The summed E-state index contributed by atoms with van der Waals surface area (Å²) in [5, 5.41) is 1.17. The van der Waals surface area contributed by atoms with Gasteiger partial charge >= 0.3 is 0 Å².